The van der Waals surface area contributed by atoms with Gasteiger partial charge in [0.05, 0.1) is 6.54 Å². The molecule has 6 heteroatoms. The zero-order valence-corrected chi connectivity index (χ0v) is 19.0. The summed E-state index contributed by atoms with van der Waals surface area (Å²) in [7, 11) is 1.95. The summed E-state index contributed by atoms with van der Waals surface area (Å²) in [5.74, 6) is 0.209. The molecule has 1 aliphatic rings. The summed E-state index contributed by atoms with van der Waals surface area (Å²) < 4.78 is 0. The third-order valence-electron chi connectivity index (χ3n) is 6.13. The third kappa shape index (κ3) is 6.52. The number of nitrogens with zero attached hydrogens (tertiary/aromatic N) is 3. The van der Waals surface area contributed by atoms with Gasteiger partial charge in [-0.15, -0.1) is 0 Å². The number of carbonyl (C=O) groups excluding carboxylic acids is 2. The third-order valence-corrected chi connectivity index (χ3v) is 6.13. The number of hydrogen-bond donors (Lipinski definition) is 1. The van der Waals surface area contributed by atoms with Crippen LogP contribution in [0.3, 0.4) is 0 Å². The molecule has 31 heavy (non-hydrogen) atoms. The van der Waals surface area contributed by atoms with Crippen LogP contribution < -0.4 is 10.6 Å². The first-order chi connectivity index (χ1) is 15.0. The lowest BCUT2D eigenvalue weighted by molar-refractivity contribution is -0.129. The number of rotatable bonds is 11. The second-order valence-electron chi connectivity index (χ2n) is 8.58. The number of hydrogen-bond acceptors (Lipinski definition) is 5. The van der Waals surface area contributed by atoms with Gasteiger partial charge in [0.2, 0.25) is 5.91 Å². The van der Waals surface area contributed by atoms with Gasteiger partial charge >= 0.3 is 0 Å². The Bertz CT molecular complexity index is 892. The molecule has 0 aromatic heterocycles. The number of benzene rings is 2. The monoisotopic (exact) mass is 424 g/mol. The zero-order chi connectivity index (χ0) is 22.2. The molecule has 3 rings (SSSR count). The molecule has 0 atom stereocenters. The lowest BCUT2D eigenvalue weighted by atomic mass is 10.0. The lowest BCUT2D eigenvalue weighted by Gasteiger charge is -2.27. The van der Waals surface area contributed by atoms with Crippen LogP contribution in [0.25, 0.3) is 10.8 Å². The standard InChI is InChI=1S/C25H36N4O2/c1-20(30)21-7-8-23-18-24(10-9-22(23)17-21)27(2)19-25(31)29(15-5-11-26)16-6-14-28-12-3-4-13-28/h7-10,17-18H,3-6,11-16,19,26H2,1-2H3. The Morgan fingerprint density at radius 2 is 1.68 bits per heavy atom. The highest BCUT2D eigenvalue weighted by atomic mass is 16.2. The normalized spacial score (nSPS) is 14.2. The first-order valence-electron chi connectivity index (χ1n) is 11.4. The fourth-order valence-electron chi connectivity index (χ4n) is 4.22. The molecule has 0 radical (unpaired) electrons. The average Bonchev–Trinajstić information content (AvgIpc) is 3.28. The van der Waals surface area contributed by atoms with Crippen molar-refractivity contribution >= 4 is 28.2 Å². The molecule has 0 unspecified atom stereocenters. The largest absolute Gasteiger partial charge is 0.365 e. The molecule has 1 saturated heterocycles. The maximum Gasteiger partial charge on any atom is 0.242 e. The van der Waals surface area contributed by atoms with Crippen LogP contribution in [-0.4, -0.2) is 74.4 Å². The first kappa shape index (κ1) is 23.2. The number of amides is 1. The second kappa shape index (κ2) is 11.3. The van der Waals surface area contributed by atoms with Gasteiger partial charge in [-0.3, -0.25) is 9.59 Å². The number of ketones is 1. The fraction of sp³-hybridized carbons (Fsp3) is 0.520. The van der Waals surface area contributed by atoms with Crippen LogP contribution in [0.5, 0.6) is 0 Å². The molecular weight excluding hydrogens is 388 g/mol. The van der Waals surface area contributed by atoms with E-state index in [-0.39, 0.29) is 11.7 Å². The first-order valence-corrected chi connectivity index (χ1v) is 11.4. The van der Waals surface area contributed by atoms with Gasteiger partial charge in [-0.2, -0.15) is 0 Å². The molecule has 0 aliphatic carbocycles. The summed E-state index contributed by atoms with van der Waals surface area (Å²) in [5.41, 5.74) is 7.41. The average molecular weight is 425 g/mol. The highest BCUT2D eigenvalue weighted by molar-refractivity contribution is 5.99. The van der Waals surface area contributed by atoms with Crippen molar-refractivity contribution in [3.63, 3.8) is 0 Å². The minimum atomic E-state index is 0.0657. The Labute approximate surface area is 186 Å². The SMILES string of the molecule is CC(=O)c1ccc2cc(N(C)CC(=O)N(CCCN)CCCN3CCCC3)ccc2c1. The predicted molar refractivity (Wildman–Crippen MR) is 128 cm³/mol. The van der Waals surface area contributed by atoms with Crippen molar-refractivity contribution < 1.29 is 9.59 Å². The molecule has 2 N–H and O–H groups in total. The number of likely N-dealkylation sites (N-methyl/N-ethyl adjacent to an activating group) is 1. The van der Waals surface area contributed by atoms with E-state index in [0.29, 0.717) is 25.2 Å². The van der Waals surface area contributed by atoms with Crippen molar-refractivity contribution in [3.05, 3.63) is 42.0 Å². The summed E-state index contributed by atoms with van der Waals surface area (Å²) >= 11 is 0. The second-order valence-corrected chi connectivity index (χ2v) is 8.58. The molecule has 0 bridgehead atoms. The lowest BCUT2D eigenvalue weighted by Crippen LogP contribution is -2.41. The maximum atomic E-state index is 13.0. The van der Waals surface area contributed by atoms with E-state index in [4.69, 9.17) is 5.73 Å². The predicted octanol–water partition coefficient (Wildman–Crippen LogP) is 3.14. The summed E-state index contributed by atoms with van der Waals surface area (Å²) in [6.07, 6.45) is 4.42. The molecule has 168 valence electrons. The smallest absolute Gasteiger partial charge is 0.242 e. The van der Waals surface area contributed by atoms with E-state index < -0.39 is 0 Å². The zero-order valence-electron chi connectivity index (χ0n) is 19.0. The van der Waals surface area contributed by atoms with Crippen LogP contribution in [0.1, 0.15) is 43.0 Å². The number of likely N-dealkylation sites (tertiary alicyclic amines) is 1. The van der Waals surface area contributed by atoms with Gasteiger partial charge in [0.25, 0.3) is 0 Å². The number of nitrogens with two attached hydrogens (primary N) is 1. The summed E-state index contributed by atoms with van der Waals surface area (Å²) in [6.45, 7) is 7.46. The molecule has 2 aromatic rings. The fourth-order valence-corrected chi connectivity index (χ4v) is 4.22. The van der Waals surface area contributed by atoms with Crippen LogP contribution >= 0.6 is 0 Å². The number of anilines is 1. The van der Waals surface area contributed by atoms with Crippen LogP contribution in [0.2, 0.25) is 0 Å². The van der Waals surface area contributed by atoms with Crippen LogP contribution in [0.15, 0.2) is 36.4 Å². The highest BCUT2D eigenvalue weighted by Crippen LogP contribution is 2.23. The van der Waals surface area contributed by atoms with Crippen molar-refractivity contribution in [2.24, 2.45) is 5.73 Å². The van der Waals surface area contributed by atoms with E-state index in [2.05, 4.69) is 11.0 Å². The van der Waals surface area contributed by atoms with Gasteiger partial charge in [0.1, 0.15) is 0 Å². The molecule has 6 nitrogen and oxygen atoms in total. The molecule has 1 heterocycles. The Kier molecular flexibility index (Phi) is 8.43. The van der Waals surface area contributed by atoms with Crippen molar-refractivity contribution in [1.82, 2.24) is 9.80 Å². The minimum Gasteiger partial charge on any atom is -0.365 e. The van der Waals surface area contributed by atoms with E-state index in [1.165, 1.54) is 25.9 Å². The molecule has 0 spiro atoms. The van der Waals surface area contributed by atoms with Gasteiger partial charge < -0.3 is 20.4 Å². The van der Waals surface area contributed by atoms with Crippen LogP contribution in [-0.2, 0) is 4.79 Å². The van der Waals surface area contributed by atoms with E-state index in [1.807, 2.05) is 47.2 Å². The summed E-state index contributed by atoms with van der Waals surface area (Å²) in [4.78, 5) is 31.1. The molecule has 1 aliphatic heterocycles. The van der Waals surface area contributed by atoms with Gasteiger partial charge in [0.15, 0.2) is 5.78 Å². The Balaban J connectivity index is 1.61. The molecule has 2 aromatic carbocycles. The summed E-state index contributed by atoms with van der Waals surface area (Å²) in [6, 6.07) is 11.8. The van der Waals surface area contributed by atoms with E-state index in [1.54, 1.807) is 6.92 Å². The quantitative estimate of drug-likeness (QED) is 0.561. The minimum absolute atomic E-state index is 0.0657. The van der Waals surface area contributed by atoms with E-state index in [9.17, 15) is 9.59 Å². The molecule has 0 saturated carbocycles. The van der Waals surface area contributed by atoms with Gasteiger partial charge in [-0.25, -0.2) is 0 Å². The van der Waals surface area contributed by atoms with Crippen molar-refractivity contribution in [1.29, 1.82) is 0 Å². The van der Waals surface area contributed by atoms with E-state index in [0.717, 1.165) is 42.4 Å². The topological polar surface area (TPSA) is 69.9 Å². The Morgan fingerprint density at radius 1 is 1.00 bits per heavy atom. The van der Waals surface area contributed by atoms with Crippen LogP contribution in [0.4, 0.5) is 5.69 Å². The summed E-state index contributed by atoms with van der Waals surface area (Å²) in [5, 5.41) is 2.09. The van der Waals surface area contributed by atoms with Gasteiger partial charge in [0, 0.05) is 31.4 Å². The highest BCUT2D eigenvalue weighted by Gasteiger charge is 2.17. The van der Waals surface area contributed by atoms with Crippen molar-refractivity contribution in [3.8, 4) is 0 Å². The van der Waals surface area contributed by atoms with E-state index >= 15 is 0 Å². The van der Waals surface area contributed by atoms with Gasteiger partial charge in [-0.1, -0.05) is 18.2 Å². The van der Waals surface area contributed by atoms with Crippen LogP contribution in [0, 0.1) is 0 Å². The maximum absolute atomic E-state index is 13.0. The van der Waals surface area contributed by atoms with Crippen molar-refractivity contribution in [2.45, 2.75) is 32.6 Å². The number of Topliss-reactive ketones (excluding diaryl/α,β-unsaturated/α-hetero) is 1. The molecule has 1 amide bonds. The Hall–Kier alpha value is -2.44. The number of fused-ring (bicyclic) bond motifs is 1. The van der Waals surface area contributed by atoms with Crippen molar-refractivity contribution in [2.75, 3.05) is 57.8 Å². The molecular formula is C25H36N4O2. The molecule has 1 fully saturated rings. The number of carbonyl (C=O) groups is 2. The Morgan fingerprint density at radius 3 is 2.39 bits per heavy atom. The van der Waals surface area contributed by atoms with Gasteiger partial charge in [-0.05, 0) is 87.8 Å².